The first-order valence-corrected chi connectivity index (χ1v) is 7.12. The molecule has 0 radical (unpaired) electrons. The summed E-state index contributed by atoms with van der Waals surface area (Å²) < 4.78 is 6.01. The molecule has 1 saturated heterocycles. The molecule has 3 heteroatoms. The fourth-order valence-corrected chi connectivity index (χ4v) is 4.39. The number of fused-ring (bicyclic) bond motifs is 1. The van der Waals surface area contributed by atoms with Gasteiger partial charge < -0.3 is 10.1 Å². The first kappa shape index (κ1) is 10.8. The van der Waals surface area contributed by atoms with Crippen molar-refractivity contribution in [2.45, 2.75) is 44.2 Å². The van der Waals surface area contributed by atoms with Gasteiger partial charge in [-0.05, 0) is 36.8 Å². The van der Waals surface area contributed by atoms with Crippen molar-refractivity contribution in [1.82, 2.24) is 5.32 Å². The van der Waals surface area contributed by atoms with E-state index < -0.39 is 0 Å². The maximum Gasteiger partial charge on any atom is 0.0807 e. The Morgan fingerprint density at radius 2 is 2.44 bits per heavy atom. The molecule has 2 fully saturated rings. The van der Waals surface area contributed by atoms with Crippen LogP contribution in [0.3, 0.4) is 0 Å². The topological polar surface area (TPSA) is 21.3 Å². The molecule has 0 bridgehead atoms. The summed E-state index contributed by atoms with van der Waals surface area (Å²) in [5.74, 6) is 0. The minimum atomic E-state index is 0.134. The van der Waals surface area contributed by atoms with Crippen LogP contribution < -0.4 is 5.32 Å². The van der Waals surface area contributed by atoms with Crippen molar-refractivity contribution in [2.24, 2.45) is 0 Å². The Morgan fingerprint density at radius 1 is 1.50 bits per heavy atom. The van der Waals surface area contributed by atoms with Gasteiger partial charge in [-0.25, -0.2) is 0 Å². The summed E-state index contributed by atoms with van der Waals surface area (Å²) in [6.45, 7) is 4.09. The third kappa shape index (κ3) is 1.53. The van der Waals surface area contributed by atoms with Crippen LogP contribution in [0.25, 0.3) is 0 Å². The van der Waals surface area contributed by atoms with E-state index in [4.69, 9.17) is 4.74 Å². The van der Waals surface area contributed by atoms with Crippen molar-refractivity contribution >= 4 is 11.3 Å². The van der Waals surface area contributed by atoms with Gasteiger partial charge in [-0.1, -0.05) is 12.8 Å². The zero-order valence-electron chi connectivity index (χ0n) is 9.79. The number of aryl methyl sites for hydroxylation is 1. The zero-order chi connectivity index (χ0) is 11.0. The number of rotatable bonds is 1. The van der Waals surface area contributed by atoms with Gasteiger partial charge in [0.25, 0.3) is 0 Å². The minimum absolute atomic E-state index is 0.134. The molecule has 0 spiro atoms. The Labute approximate surface area is 101 Å². The summed E-state index contributed by atoms with van der Waals surface area (Å²) in [6, 6.07) is 2.23. The maximum absolute atomic E-state index is 6.01. The minimum Gasteiger partial charge on any atom is -0.375 e. The molecule has 1 aliphatic carbocycles. The monoisotopic (exact) mass is 237 g/mol. The van der Waals surface area contributed by atoms with Gasteiger partial charge in [-0.3, -0.25) is 0 Å². The summed E-state index contributed by atoms with van der Waals surface area (Å²) in [7, 11) is 0. The predicted molar refractivity (Wildman–Crippen MR) is 66.9 cm³/mol. The van der Waals surface area contributed by atoms with Crippen LogP contribution >= 0.6 is 11.3 Å². The maximum atomic E-state index is 6.01. The third-order valence-electron chi connectivity index (χ3n) is 3.97. The summed E-state index contributed by atoms with van der Waals surface area (Å²) in [5, 5.41) is 5.97. The van der Waals surface area contributed by atoms with Gasteiger partial charge in [0.2, 0.25) is 0 Å². The van der Waals surface area contributed by atoms with Crippen molar-refractivity contribution < 1.29 is 4.74 Å². The van der Waals surface area contributed by atoms with Crippen molar-refractivity contribution in [1.29, 1.82) is 0 Å². The molecular weight excluding hydrogens is 218 g/mol. The summed E-state index contributed by atoms with van der Waals surface area (Å²) in [6.07, 6.45) is 5.49. The van der Waals surface area contributed by atoms with Crippen LogP contribution in [-0.4, -0.2) is 19.3 Å². The lowest BCUT2D eigenvalue weighted by molar-refractivity contribution is -0.0744. The quantitative estimate of drug-likeness (QED) is 0.811. The molecule has 0 unspecified atom stereocenters. The van der Waals surface area contributed by atoms with Crippen molar-refractivity contribution in [3.8, 4) is 0 Å². The normalized spacial score (nSPS) is 34.7. The number of ether oxygens (including phenoxy) is 1. The highest BCUT2D eigenvalue weighted by atomic mass is 32.1. The Bertz CT molecular complexity index is 362. The second-order valence-electron chi connectivity index (χ2n) is 4.94. The molecule has 2 heterocycles. The average molecular weight is 237 g/mol. The lowest BCUT2D eigenvalue weighted by Crippen LogP contribution is -2.58. The van der Waals surface area contributed by atoms with Gasteiger partial charge in [0.15, 0.2) is 0 Å². The average Bonchev–Trinajstić information content (AvgIpc) is 2.76. The largest absolute Gasteiger partial charge is 0.375 e. The van der Waals surface area contributed by atoms with E-state index in [-0.39, 0.29) is 5.54 Å². The number of nitrogens with one attached hydrogen (secondary N) is 1. The molecule has 88 valence electrons. The number of thiophene rings is 1. The summed E-state index contributed by atoms with van der Waals surface area (Å²) in [5.41, 5.74) is 1.56. The fraction of sp³-hybridized carbons (Fsp3) is 0.692. The lowest BCUT2D eigenvalue weighted by atomic mass is 9.76. The smallest absolute Gasteiger partial charge is 0.0807 e. The van der Waals surface area contributed by atoms with Crippen molar-refractivity contribution in [3.63, 3.8) is 0 Å². The molecule has 1 aliphatic heterocycles. The highest BCUT2D eigenvalue weighted by Crippen LogP contribution is 2.43. The molecule has 0 aromatic carbocycles. The standard InChI is InChI=1S/C13H19NOS/c1-10-5-9-16-12(10)13-6-3-2-4-11(13)15-8-7-14-13/h5,9,11,14H,2-4,6-8H2,1H3/t11-,13+/m0/s1. The van der Waals surface area contributed by atoms with Gasteiger partial charge in [-0.2, -0.15) is 0 Å². The molecule has 16 heavy (non-hydrogen) atoms. The molecule has 2 nitrogen and oxygen atoms in total. The van der Waals surface area contributed by atoms with E-state index >= 15 is 0 Å². The second kappa shape index (κ2) is 4.13. The van der Waals surface area contributed by atoms with E-state index in [1.807, 2.05) is 11.3 Å². The molecule has 0 amide bonds. The van der Waals surface area contributed by atoms with E-state index in [2.05, 4.69) is 23.7 Å². The number of hydrogen-bond donors (Lipinski definition) is 1. The third-order valence-corrected chi connectivity index (χ3v) is 5.16. The molecule has 2 aliphatic rings. The lowest BCUT2D eigenvalue weighted by Gasteiger charge is -2.47. The Morgan fingerprint density at radius 3 is 3.25 bits per heavy atom. The zero-order valence-corrected chi connectivity index (χ0v) is 10.6. The van der Waals surface area contributed by atoms with Crippen LogP contribution in [0.2, 0.25) is 0 Å². The van der Waals surface area contributed by atoms with Crippen LogP contribution in [0.4, 0.5) is 0 Å². The highest BCUT2D eigenvalue weighted by Gasteiger charge is 2.46. The van der Waals surface area contributed by atoms with Gasteiger partial charge in [0.05, 0.1) is 18.2 Å². The first-order chi connectivity index (χ1) is 7.83. The van der Waals surface area contributed by atoms with Gasteiger partial charge in [0, 0.05) is 11.4 Å². The Balaban J connectivity index is 2.01. The SMILES string of the molecule is Cc1ccsc1[C@@]12CCCC[C@@H]1OCCN2. The van der Waals surface area contributed by atoms with E-state index in [0.717, 1.165) is 13.2 Å². The van der Waals surface area contributed by atoms with E-state index in [0.29, 0.717) is 6.10 Å². The van der Waals surface area contributed by atoms with E-state index in [1.54, 1.807) is 0 Å². The van der Waals surface area contributed by atoms with Crippen LogP contribution in [0.15, 0.2) is 11.4 Å². The molecule has 1 aromatic heterocycles. The predicted octanol–water partition coefficient (Wildman–Crippen LogP) is 2.81. The Hall–Kier alpha value is -0.380. The van der Waals surface area contributed by atoms with Crippen LogP contribution in [-0.2, 0) is 10.3 Å². The second-order valence-corrected chi connectivity index (χ2v) is 5.85. The highest BCUT2D eigenvalue weighted by molar-refractivity contribution is 7.10. The van der Waals surface area contributed by atoms with Gasteiger partial charge in [-0.15, -0.1) is 11.3 Å². The van der Waals surface area contributed by atoms with Gasteiger partial charge >= 0.3 is 0 Å². The Kier molecular flexibility index (Phi) is 2.78. The molecule has 3 rings (SSSR count). The molecule has 2 atom stereocenters. The molecular formula is C13H19NOS. The van der Waals surface area contributed by atoms with Crippen molar-refractivity contribution in [3.05, 3.63) is 21.9 Å². The number of morpholine rings is 1. The van der Waals surface area contributed by atoms with Gasteiger partial charge in [0.1, 0.15) is 0 Å². The summed E-state index contributed by atoms with van der Waals surface area (Å²) in [4.78, 5) is 1.51. The van der Waals surface area contributed by atoms with Crippen LogP contribution in [0, 0.1) is 6.92 Å². The van der Waals surface area contributed by atoms with Crippen LogP contribution in [0.1, 0.15) is 36.1 Å². The number of hydrogen-bond acceptors (Lipinski definition) is 3. The fourth-order valence-electron chi connectivity index (χ4n) is 3.21. The van der Waals surface area contributed by atoms with E-state index in [1.165, 1.54) is 36.1 Å². The van der Waals surface area contributed by atoms with Crippen molar-refractivity contribution in [2.75, 3.05) is 13.2 Å². The molecule has 1 N–H and O–H groups in total. The first-order valence-electron chi connectivity index (χ1n) is 6.24. The van der Waals surface area contributed by atoms with Crippen LogP contribution in [0.5, 0.6) is 0 Å². The summed E-state index contributed by atoms with van der Waals surface area (Å²) >= 11 is 1.89. The molecule has 1 aromatic rings. The van der Waals surface area contributed by atoms with E-state index in [9.17, 15) is 0 Å². The molecule has 1 saturated carbocycles.